The summed E-state index contributed by atoms with van der Waals surface area (Å²) in [6.45, 7) is 2.34. The Morgan fingerprint density at radius 1 is 1.00 bits per heavy atom. The number of alkyl halides is 6. The number of hydrogen-bond donors (Lipinski definition) is 2. The number of nitrogens with zero attached hydrogens (tertiary/aromatic N) is 3. The van der Waals surface area contributed by atoms with Gasteiger partial charge in [0.05, 0.1) is 52.2 Å². The number of aliphatic hydroxyl groups is 2. The van der Waals surface area contributed by atoms with Crippen LogP contribution >= 0.6 is 11.6 Å². The minimum Gasteiger partial charge on any atom is -0.394 e. The molecule has 1 amide bonds. The molecule has 4 rings (SSSR count). The average molecular weight is 634 g/mol. The summed E-state index contributed by atoms with van der Waals surface area (Å²) in [5.41, 5.74) is -4.99. The van der Waals surface area contributed by atoms with Gasteiger partial charge >= 0.3 is 12.4 Å². The first-order valence-electron chi connectivity index (χ1n) is 13.0. The highest BCUT2D eigenvalue weighted by atomic mass is 35.5. The molecule has 3 aromatic rings. The smallest absolute Gasteiger partial charge is 0.394 e. The normalized spacial score (nSPS) is 17.8. The lowest BCUT2D eigenvalue weighted by Gasteiger charge is -2.32. The summed E-state index contributed by atoms with van der Waals surface area (Å²) >= 11 is 6.35. The van der Waals surface area contributed by atoms with Gasteiger partial charge in [0.1, 0.15) is 11.6 Å². The van der Waals surface area contributed by atoms with Crippen LogP contribution in [0.1, 0.15) is 37.0 Å². The second-order valence-electron chi connectivity index (χ2n) is 10.8. The molecule has 2 unspecified atom stereocenters. The van der Waals surface area contributed by atoms with Crippen LogP contribution in [0.25, 0.3) is 11.1 Å². The van der Waals surface area contributed by atoms with Crippen LogP contribution in [0.2, 0.25) is 5.02 Å². The molecule has 0 aliphatic carbocycles. The van der Waals surface area contributed by atoms with E-state index in [-0.39, 0.29) is 40.3 Å². The molecule has 2 aromatic carbocycles. The van der Waals surface area contributed by atoms with Gasteiger partial charge in [0, 0.05) is 24.7 Å². The topological polar surface area (TPSA) is 76.9 Å². The van der Waals surface area contributed by atoms with Gasteiger partial charge in [-0.25, -0.2) is 9.37 Å². The van der Waals surface area contributed by atoms with E-state index in [1.165, 1.54) is 39.2 Å². The Labute approximate surface area is 247 Å². The van der Waals surface area contributed by atoms with E-state index >= 15 is 0 Å². The van der Waals surface area contributed by atoms with Crippen molar-refractivity contribution in [3.8, 4) is 11.1 Å². The lowest BCUT2D eigenvalue weighted by molar-refractivity contribution is -0.143. The maximum Gasteiger partial charge on any atom is 0.416 e. The Morgan fingerprint density at radius 3 is 2.12 bits per heavy atom. The van der Waals surface area contributed by atoms with Crippen LogP contribution in [-0.4, -0.2) is 53.4 Å². The number of hydrogen-bond acceptors (Lipinski definition) is 5. The third-order valence-electron chi connectivity index (χ3n) is 7.59. The second-order valence-corrected chi connectivity index (χ2v) is 11.2. The lowest BCUT2D eigenvalue weighted by Crippen LogP contribution is -2.42. The molecule has 0 spiro atoms. The number of aliphatic hydroxyl groups excluding tert-OH is 2. The van der Waals surface area contributed by atoms with Gasteiger partial charge in [0.2, 0.25) is 5.91 Å². The molecular weight excluding hydrogens is 607 g/mol. The maximum absolute atomic E-state index is 13.9. The van der Waals surface area contributed by atoms with E-state index in [2.05, 4.69) is 4.98 Å². The van der Waals surface area contributed by atoms with E-state index in [1.54, 1.807) is 4.90 Å². The highest BCUT2D eigenvalue weighted by Crippen LogP contribution is 2.42. The number of carbonyl (C=O) groups excluding carboxylic acids is 1. The summed E-state index contributed by atoms with van der Waals surface area (Å²) in [5.74, 6) is -1.25. The van der Waals surface area contributed by atoms with E-state index in [9.17, 15) is 45.7 Å². The number of aromatic nitrogens is 1. The molecule has 1 fully saturated rings. The van der Waals surface area contributed by atoms with E-state index in [0.717, 1.165) is 17.0 Å². The van der Waals surface area contributed by atoms with Crippen LogP contribution in [-0.2, 0) is 22.6 Å². The first-order valence-corrected chi connectivity index (χ1v) is 13.3. The van der Waals surface area contributed by atoms with Crippen molar-refractivity contribution in [2.75, 3.05) is 30.0 Å². The number of benzene rings is 2. The predicted octanol–water partition coefficient (Wildman–Crippen LogP) is 6.45. The number of carbonyl (C=O) groups is 1. The first-order chi connectivity index (χ1) is 19.9. The minimum atomic E-state index is -5.11. The fraction of sp³-hybridized carbons (Fsp3) is 0.379. The van der Waals surface area contributed by atoms with Gasteiger partial charge in [-0.15, -0.1) is 0 Å². The van der Waals surface area contributed by atoms with Crippen LogP contribution in [0.3, 0.4) is 0 Å². The number of rotatable bonds is 6. The van der Waals surface area contributed by atoms with Crippen molar-refractivity contribution in [3.05, 3.63) is 76.2 Å². The van der Waals surface area contributed by atoms with Crippen LogP contribution in [0.5, 0.6) is 0 Å². The molecule has 0 saturated carbocycles. The van der Waals surface area contributed by atoms with Gasteiger partial charge in [-0.3, -0.25) is 4.79 Å². The number of amides is 1. The van der Waals surface area contributed by atoms with Gasteiger partial charge < -0.3 is 20.0 Å². The maximum atomic E-state index is 13.9. The predicted molar refractivity (Wildman–Crippen MR) is 146 cm³/mol. The quantitative estimate of drug-likeness (QED) is 0.305. The van der Waals surface area contributed by atoms with E-state index in [1.807, 2.05) is 0 Å². The fourth-order valence-corrected chi connectivity index (χ4v) is 5.36. The zero-order chi connectivity index (χ0) is 32.1. The summed E-state index contributed by atoms with van der Waals surface area (Å²) in [6.07, 6.45) is -9.47. The molecule has 1 aliphatic rings. The summed E-state index contributed by atoms with van der Waals surface area (Å²) in [4.78, 5) is 20.9. The average Bonchev–Trinajstić information content (AvgIpc) is 3.31. The van der Waals surface area contributed by atoms with Gasteiger partial charge in [-0.1, -0.05) is 11.6 Å². The molecule has 43 heavy (non-hydrogen) atoms. The van der Waals surface area contributed by atoms with Crippen molar-refractivity contribution in [1.29, 1.82) is 0 Å². The number of anilines is 2. The van der Waals surface area contributed by atoms with Gasteiger partial charge in [0.25, 0.3) is 0 Å². The van der Waals surface area contributed by atoms with Crippen molar-refractivity contribution < 1.29 is 45.7 Å². The SMILES string of the molecule is CN(C(=O)C(C)(C)c1cc(C(F)(F)F)cc(C(F)(F)F)c1)c1cnc(N2CCC(O)C2CO)cc1-c1ccc(F)cc1Cl. The van der Waals surface area contributed by atoms with Gasteiger partial charge in [-0.2, -0.15) is 26.3 Å². The van der Waals surface area contributed by atoms with Crippen LogP contribution in [0.15, 0.2) is 48.7 Å². The van der Waals surface area contributed by atoms with E-state index in [4.69, 9.17) is 11.6 Å². The summed E-state index contributed by atoms with van der Waals surface area (Å²) in [6, 6.07) is 5.31. The number of pyridine rings is 1. The fourth-order valence-electron chi connectivity index (χ4n) is 5.09. The zero-order valence-electron chi connectivity index (χ0n) is 23.1. The molecule has 14 heteroatoms. The van der Waals surface area contributed by atoms with Crippen molar-refractivity contribution in [2.24, 2.45) is 0 Å². The molecular formula is C29H27ClF7N3O3. The molecule has 1 saturated heterocycles. The summed E-state index contributed by atoms with van der Waals surface area (Å²) < 4.78 is 95.2. The molecule has 232 valence electrons. The van der Waals surface area contributed by atoms with Crippen LogP contribution < -0.4 is 9.80 Å². The summed E-state index contributed by atoms with van der Waals surface area (Å²) in [5, 5.41) is 20.0. The van der Waals surface area contributed by atoms with Crippen molar-refractivity contribution in [1.82, 2.24) is 4.98 Å². The molecule has 2 atom stereocenters. The van der Waals surface area contributed by atoms with E-state index in [0.29, 0.717) is 25.1 Å². The molecule has 1 aromatic heterocycles. The molecule has 1 aliphatic heterocycles. The Hall–Kier alpha value is -3.42. The van der Waals surface area contributed by atoms with Crippen molar-refractivity contribution >= 4 is 29.0 Å². The largest absolute Gasteiger partial charge is 0.416 e. The second kappa shape index (κ2) is 11.6. The Kier molecular flexibility index (Phi) is 8.75. The standard InChI is InChI=1S/C29H27ClF7N3O3/c1-27(2,15-8-16(28(32,33)34)10-17(9-15)29(35,36)37)26(43)39(3)22-13-38-25(40-7-6-24(42)23(40)14-41)12-20(22)19-5-4-18(31)11-21(19)30/h4-5,8-13,23-24,41-42H,6-7,14H2,1-3H3. The molecule has 0 bridgehead atoms. The summed E-state index contributed by atoms with van der Waals surface area (Å²) in [7, 11) is 1.27. The Bertz CT molecular complexity index is 1500. The highest BCUT2D eigenvalue weighted by Gasteiger charge is 2.41. The van der Waals surface area contributed by atoms with Crippen molar-refractivity contribution in [2.45, 2.75) is 50.2 Å². The zero-order valence-corrected chi connectivity index (χ0v) is 23.8. The monoisotopic (exact) mass is 633 g/mol. The molecule has 6 nitrogen and oxygen atoms in total. The molecule has 0 radical (unpaired) electrons. The molecule has 2 N–H and O–H groups in total. The Morgan fingerprint density at radius 2 is 1.58 bits per heavy atom. The molecule has 2 heterocycles. The first kappa shape index (κ1) is 32.5. The highest BCUT2D eigenvalue weighted by molar-refractivity contribution is 6.33. The van der Waals surface area contributed by atoms with Crippen molar-refractivity contribution in [3.63, 3.8) is 0 Å². The van der Waals surface area contributed by atoms with Crippen LogP contribution in [0, 0.1) is 5.82 Å². The third-order valence-corrected chi connectivity index (χ3v) is 7.90. The van der Waals surface area contributed by atoms with Gasteiger partial charge in [0.15, 0.2) is 0 Å². The lowest BCUT2D eigenvalue weighted by atomic mass is 9.81. The minimum absolute atomic E-state index is 0.0139. The van der Waals surface area contributed by atoms with Crippen LogP contribution in [0.4, 0.5) is 42.2 Å². The number of likely N-dealkylation sites (N-methyl/N-ethyl adjacent to an activating group) is 1. The Balaban J connectivity index is 1.84. The van der Waals surface area contributed by atoms with E-state index < -0.39 is 58.3 Å². The third kappa shape index (κ3) is 6.43. The van der Waals surface area contributed by atoms with Gasteiger partial charge in [-0.05, 0) is 68.3 Å². The number of halogens is 8.